The van der Waals surface area contributed by atoms with E-state index in [1.165, 1.54) is 45.3 Å². The van der Waals surface area contributed by atoms with Crippen molar-refractivity contribution in [2.75, 3.05) is 13.1 Å². The van der Waals surface area contributed by atoms with Crippen LogP contribution in [-0.4, -0.2) is 17.7 Å². The molecule has 1 aromatic heterocycles. The molecule has 1 aliphatic carbocycles. The molecule has 0 saturated carbocycles. The number of nitrogens with one attached hydrogen (secondary N) is 1. The van der Waals surface area contributed by atoms with Crippen molar-refractivity contribution in [3.8, 4) is 0 Å². The Morgan fingerprint density at radius 2 is 2.24 bits per heavy atom. The van der Waals surface area contributed by atoms with E-state index in [0.717, 1.165) is 11.8 Å². The lowest BCUT2D eigenvalue weighted by Gasteiger charge is -2.36. The third-order valence-electron chi connectivity index (χ3n) is 4.34. The quantitative estimate of drug-likeness (QED) is 0.859. The minimum atomic E-state index is 0. The standard InChI is InChI=1S/C14H22N2.ClH/c1-2-6-16-7-4-12-8-13-10-15-5-3-11(13)9-14(12)16;/h4,7,11,13,15H,2-3,5-6,8-10H2,1H3;1H. The smallest absolute Gasteiger partial charge is 0.0219 e. The molecule has 2 aliphatic rings. The van der Waals surface area contributed by atoms with E-state index < -0.39 is 0 Å². The number of halogens is 1. The second kappa shape index (κ2) is 5.45. The molecular formula is C14H23ClN2. The molecule has 1 aliphatic heterocycles. The fourth-order valence-corrected chi connectivity index (χ4v) is 3.45. The third kappa shape index (κ3) is 2.38. The maximum Gasteiger partial charge on any atom is 0.0219 e. The monoisotopic (exact) mass is 254 g/mol. The van der Waals surface area contributed by atoms with Gasteiger partial charge in [-0.05, 0) is 62.2 Å². The van der Waals surface area contributed by atoms with Crippen LogP contribution in [0.5, 0.6) is 0 Å². The van der Waals surface area contributed by atoms with Gasteiger partial charge in [0.1, 0.15) is 0 Å². The normalized spacial score (nSPS) is 26.9. The molecule has 3 heteroatoms. The van der Waals surface area contributed by atoms with Gasteiger partial charge in [0.15, 0.2) is 0 Å². The van der Waals surface area contributed by atoms with Crippen molar-refractivity contribution in [3.63, 3.8) is 0 Å². The van der Waals surface area contributed by atoms with Crippen molar-refractivity contribution in [3.05, 3.63) is 23.5 Å². The second-order valence-corrected chi connectivity index (χ2v) is 5.40. The Kier molecular flexibility index (Phi) is 4.16. The van der Waals surface area contributed by atoms with Gasteiger partial charge >= 0.3 is 0 Å². The molecule has 2 atom stereocenters. The third-order valence-corrected chi connectivity index (χ3v) is 4.34. The number of fused-ring (bicyclic) bond motifs is 2. The van der Waals surface area contributed by atoms with Crippen LogP contribution in [0.3, 0.4) is 0 Å². The van der Waals surface area contributed by atoms with Gasteiger partial charge in [-0.15, -0.1) is 12.4 Å². The molecule has 2 unspecified atom stereocenters. The summed E-state index contributed by atoms with van der Waals surface area (Å²) in [5, 5.41) is 3.54. The van der Waals surface area contributed by atoms with Crippen LogP contribution in [0.2, 0.25) is 0 Å². The highest BCUT2D eigenvalue weighted by atomic mass is 35.5. The highest BCUT2D eigenvalue weighted by Crippen LogP contribution is 2.34. The van der Waals surface area contributed by atoms with E-state index in [9.17, 15) is 0 Å². The van der Waals surface area contributed by atoms with Crippen LogP contribution in [0.1, 0.15) is 31.0 Å². The molecule has 3 rings (SSSR count). The Labute approximate surface area is 110 Å². The Morgan fingerprint density at radius 3 is 3.06 bits per heavy atom. The second-order valence-electron chi connectivity index (χ2n) is 5.40. The summed E-state index contributed by atoms with van der Waals surface area (Å²) in [5.41, 5.74) is 3.27. The molecule has 0 radical (unpaired) electrons. The van der Waals surface area contributed by atoms with E-state index in [-0.39, 0.29) is 12.4 Å². The fraction of sp³-hybridized carbons (Fsp3) is 0.714. The number of hydrogen-bond donors (Lipinski definition) is 1. The van der Waals surface area contributed by atoms with E-state index in [1.54, 1.807) is 11.3 Å². The molecular weight excluding hydrogens is 232 g/mol. The predicted octanol–water partition coefficient (Wildman–Crippen LogP) is 2.64. The van der Waals surface area contributed by atoms with Crippen LogP contribution in [-0.2, 0) is 19.4 Å². The highest BCUT2D eigenvalue weighted by Gasteiger charge is 2.31. The van der Waals surface area contributed by atoms with Gasteiger partial charge in [0.05, 0.1) is 0 Å². The van der Waals surface area contributed by atoms with Gasteiger partial charge in [-0.3, -0.25) is 0 Å². The van der Waals surface area contributed by atoms with Crippen LogP contribution in [0, 0.1) is 11.8 Å². The zero-order chi connectivity index (χ0) is 11.0. The first kappa shape index (κ1) is 13.0. The van der Waals surface area contributed by atoms with E-state index in [4.69, 9.17) is 0 Å². The van der Waals surface area contributed by atoms with Crippen LogP contribution in [0.25, 0.3) is 0 Å². The van der Waals surface area contributed by atoms with Crippen molar-refractivity contribution < 1.29 is 0 Å². The molecule has 96 valence electrons. The number of aromatic nitrogens is 1. The van der Waals surface area contributed by atoms with Crippen LogP contribution >= 0.6 is 12.4 Å². The average molecular weight is 255 g/mol. The first-order valence-electron chi connectivity index (χ1n) is 6.76. The van der Waals surface area contributed by atoms with Gasteiger partial charge in [0, 0.05) is 18.4 Å². The van der Waals surface area contributed by atoms with Crippen molar-refractivity contribution in [1.29, 1.82) is 0 Å². The lowest BCUT2D eigenvalue weighted by Crippen LogP contribution is -2.41. The number of piperidine rings is 1. The summed E-state index contributed by atoms with van der Waals surface area (Å²) in [5.74, 6) is 1.85. The molecule has 0 aromatic carbocycles. The molecule has 0 amide bonds. The maximum absolute atomic E-state index is 3.54. The first-order valence-corrected chi connectivity index (χ1v) is 6.76. The molecule has 17 heavy (non-hydrogen) atoms. The summed E-state index contributed by atoms with van der Waals surface area (Å²) in [6, 6.07) is 2.36. The fourth-order valence-electron chi connectivity index (χ4n) is 3.45. The Hall–Kier alpha value is -0.470. The van der Waals surface area contributed by atoms with E-state index in [1.807, 2.05) is 0 Å². The van der Waals surface area contributed by atoms with Crippen LogP contribution in [0.15, 0.2) is 12.3 Å². The lowest BCUT2D eigenvalue weighted by atomic mass is 9.75. The van der Waals surface area contributed by atoms with Gasteiger partial charge in [-0.2, -0.15) is 0 Å². The van der Waals surface area contributed by atoms with E-state index in [2.05, 4.69) is 29.1 Å². The topological polar surface area (TPSA) is 17.0 Å². The SMILES string of the molecule is CCCn1ccc2c1CC1CCNCC1C2.Cl. The zero-order valence-corrected chi connectivity index (χ0v) is 11.4. The highest BCUT2D eigenvalue weighted by molar-refractivity contribution is 5.85. The lowest BCUT2D eigenvalue weighted by molar-refractivity contribution is 0.233. The van der Waals surface area contributed by atoms with Gasteiger partial charge in [-0.25, -0.2) is 0 Å². The maximum atomic E-state index is 3.54. The number of nitrogens with zero attached hydrogens (tertiary/aromatic N) is 1. The van der Waals surface area contributed by atoms with Gasteiger partial charge < -0.3 is 9.88 Å². The number of aryl methyl sites for hydroxylation is 1. The van der Waals surface area contributed by atoms with Crippen molar-refractivity contribution in [2.45, 2.75) is 39.2 Å². The summed E-state index contributed by atoms with van der Waals surface area (Å²) in [6.45, 7) is 5.93. The zero-order valence-electron chi connectivity index (χ0n) is 10.6. The number of rotatable bonds is 2. The van der Waals surface area contributed by atoms with Crippen LogP contribution < -0.4 is 5.32 Å². The summed E-state index contributed by atoms with van der Waals surface area (Å²) in [4.78, 5) is 0. The summed E-state index contributed by atoms with van der Waals surface area (Å²) in [6.07, 6.45) is 7.56. The molecule has 1 N–H and O–H groups in total. The predicted molar refractivity (Wildman–Crippen MR) is 73.8 cm³/mol. The van der Waals surface area contributed by atoms with E-state index >= 15 is 0 Å². The molecule has 1 aromatic rings. The van der Waals surface area contributed by atoms with E-state index in [0.29, 0.717) is 0 Å². The molecule has 2 heterocycles. The largest absolute Gasteiger partial charge is 0.351 e. The van der Waals surface area contributed by atoms with Crippen molar-refractivity contribution >= 4 is 12.4 Å². The summed E-state index contributed by atoms with van der Waals surface area (Å²) in [7, 11) is 0. The van der Waals surface area contributed by atoms with Crippen molar-refractivity contribution in [1.82, 2.24) is 9.88 Å². The van der Waals surface area contributed by atoms with Gasteiger partial charge in [0.25, 0.3) is 0 Å². The molecule has 0 bridgehead atoms. The van der Waals surface area contributed by atoms with Gasteiger partial charge in [0.2, 0.25) is 0 Å². The van der Waals surface area contributed by atoms with Gasteiger partial charge in [-0.1, -0.05) is 6.92 Å². The Balaban J connectivity index is 0.00000108. The summed E-state index contributed by atoms with van der Waals surface area (Å²) < 4.78 is 2.49. The van der Waals surface area contributed by atoms with Crippen molar-refractivity contribution in [2.24, 2.45) is 11.8 Å². The molecule has 1 saturated heterocycles. The Morgan fingerprint density at radius 1 is 1.35 bits per heavy atom. The Bertz CT molecular complexity index is 372. The molecule has 0 spiro atoms. The average Bonchev–Trinajstić information content (AvgIpc) is 2.70. The number of hydrogen-bond acceptors (Lipinski definition) is 1. The minimum absolute atomic E-state index is 0. The van der Waals surface area contributed by atoms with Crippen LogP contribution in [0.4, 0.5) is 0 Å². The molecule has 2 nitrogen and oxygen atoms in total. The minimum Gasteiger partial charge on any atom is -0.351 e. The summed E-state index contributed by atoms with van der Waals surface area (Å²) >= 11 is 0. The molecule has 1 fully saturated rings. The first-order chi connectivity index (χ1) is 7.88.